The Labute approximate surface area is 122 Å². The second-order valence-electron chi connectivity index (χ2n) is 4.47. The van der Waals surface area contributed by atoms with Gasteiger partial charge in [0, 0.05) is 5.92 Å². The molecule has 0 aliphatic rings. The molecule has 0 amide bonds. The summed E-state index contributed by atoms with van der Waals surface area (Å²) in [5.41, 5.74) is -0.949. The van der Waals surface area contributed by atoms with Crippen molar-refractivity contribution in [3.8, 4) is 11.8 Å². The first kappa shape index (κ1) is 16.7. The lowest BCUT2D eigenvalue weighted by Crippen LogP contribution is -2.16. The first-order valence-electron chi connectivity index (χ1n) is 6.27. The average molecular weight is 303 g/mol. The maximum Gasteiger partial charge on any atom is 0.420 e. The van der Waals surface area contributed by atoms with E-state index in [-0.39, 0.29) is 23.8 Å². The molecule has 2 nitrogen and oxygen atoms in total. The smallest absolute Gasteiger partial charge is 0.420 e. The molecule has 6 heteroatoms. The monoisotopic (exact) mass is 303 g/mol. The molecular formula is C14H16F3NOS. The normalized spacial score (nSPS) is 12.8. The molecule has 0 aliphatic carbocycles. The molecule has 0 saturated heterocycles. The van der Waals surface area contributed by atoms with Gasteiger partial charge in [0.2, 0.25) is 0 Å². The molecule has 1 atom stereocenters. The third kappa shape index (κ3) is 4.64. The number of nitrogens with zero attached hydrogens (tertiary/aromatic N) is 1. The molecule has 1 aromatic rings. The van der Waals surface area contributed by atoms with Crippen LogP contribution < -0.4 is 4.74 Å². The van der Waals surface area contributed by atoms with Crippen molar-refractivity contribution in [2.45, 2.75) is 25.9 Å². The number of hydrogen-bond donors (Lipinski definition) is 1. The highest BCUT2D eigenvalue weighted by atomic mass is 32.1. The van der Waals surface area contributed by atoms with Crippen LogP contribution in [0.4, 0.5) is 13.2 Å². The Bertz CT molecular complexity index is 482. The van der Waals surface area contributed by atoms with Crippen molar-refractivity contribution in [1.29, 1.82) is 5.26 Å². The van der Waals surface area contributed by atoms with Crippen LogP contribution in [0.25, 0.3) is 0 Å². The first-order chi connectivity index (χ1) is 9.42. The molecule has 1 rings (SSSR count). The van der Waals surface area contributed by atoms with Gasteiger partial charge in [0.25, 0.3) is 0 Å². The van der Waals surface area contributed by atoms with E-state index in [9.17, 15) is 13.2 Å². The molecule has 110 valence electrons. The zero-order chi connectivity index (χ0) is 15.2. The van der Waals surface area contributed by atoms with Crippen LogP contribution in [-0.2, 0) is 6.18 Å². The maximum atomic E-state index is 12.9. The molecule has 0 heterocycles. The molecule has 0 aliphatic heterocycles. The predicted molar refractivity (Wildman–Crippen MR) is 73.9 cm³/mol. The van der Waals surface area contributed by atoms with Crippen LogP contribution >= 0.6 is 12.6 Å². The zero-order valence-corrected chi connectivity index (χ0v) is 12.0. The minimum atomic E-state index is -4.54. The van der Waals surface area contributed by atoms with Crippen LogP contribution in [0, 0.1) is 17.2 Å². The maximum absolute atomic E-state index is 12.9. The van der Waals surface area contributed by atoms with Gasteiger partial charge in [-0.15, -0.1) is 0 Å². The van der Waals surface area contributed by atoms with Crippen LogP contribution in [-0.4, -0.2) is 12.4 Å². The van der Waals surface area contributed by atoms with Gasteiger partial charge < -0.3 is 4.74 Å². The molecular weight excluding hydrogens is 287 g/mol. The van der Waals surface area contributed by atoms with Crippen molar-refractivity contribution in [2.75, 3.05) is 12.4 Å². The Morgan fingerprint density at radius 1 is 1.40 bits per heavy atom. The van der Waals surface area contributed by atoms with E-state index in [4.69, 9.17) is 10.00 Å². The second kappa shape index (κ2) is 7.44. The number of ether oxygens (including phenoxy) is 1. The van der Waals surface area contributed by atoms with Crippen molar-refractivity contribution >= 4 is 12.6 Å². The van der Waals surface area contributed by atoms with Gasteiger partial charge in [0.05, 0.1) is 23.8 Å². The standard InChI is InChI=1S/C14H16F3NOS/c1-2-3-11(9-20)8-19-13-5-4-10(7-18)6-12(13)14(15,16)17/h4-6,11,20H,2-3,8-9H2,1H3. The molecule has 0 fully saturated rings. The number of hydrogen-bond acceptors (Lipinski definition) is 3. The van der Waals surface area contributed by atoms with Gasteiger partial charge in [0.15, 0.2) is 0 Å². The van der Waals surface area contributed by atoms with Gasteiger partial charge >= 0.3 is 6.18 Å². The largest absolute Gasteiger partial charge is 0.493 e. The van der Waals surface area contributed by atoms with Gasteiger partial charge in [-0.25, -0.2) is 0 Å². The molecule has 0 radical (unpaired) electrons. The highest BCUT2D eigenvalue weighted by Gasteiger charge is 2.34. The fourth-order valence-corrected chi connectivity index (χ4v) is 2.08. The highest BCUT2D eigenvalue weighted by molar-refractivity contribution is 7.80. The van der Waals surface area contributed by atoms with Crippen molar-refractivity contribution in [3.63, 3.8) is 0 Å². The summed E-state index contributed by atoms with van der Waals surface area (Å²) < 4.78 is 44.0. The van der Waals surface area contributed by atoms with Crippen molar-refractivity contribution in [2.24, 2.45) is 5.92 Å². The number of halogens is 3. The summed E-state index contributed by atoms with van der Waals surface area (Å²) in [4.78, 5) is 0. The molecule has 1 unspecified atom stereocenters. The molecule has 0 N–H and O–H groups in total. The SMILES string of the molecule is CCCC(CS)COc1ccc(C#N)cc1C(F)(F)F. The summed E-state index contributed by atoms with van der Waals surface area (Å²) >= 11 is 4.17. The van der Waals surface area contributed by atoms with E-state index >= 15 is 0 Å². The van der Waals surface area contributed by atoms with E-state index in [0.717, 1.165) is 18.9 Å². The van der Waals surface area contributed by atoms with E-state index < -0.39 is 11.7 Å². The Balaban J connectivity index is 2.92. The quantitative estimate of drug-likeness (QED) is 0.795. The lowest BCUT2D eigenvalue weighted by Gasteiger charge is -2.18. The molecule has 0 bridgehead atoms. The fourth-order valence-electron chi connectivity index (χ4n) is 1.79. The van der Waals surface area contributed by atoms with Gasteiger partial charge in [-0.05, 0) is 30.4 Å². The summed E-state index contributed by atoms with van der Waals surface area (Å²) in [5.74, 6) is 0.435. The summed E-state index contributed by atoms with van der Waals surface area (Å²) in [7, 11) is 0. The van der Waals surface area contributed by atoms with Crippen molar-refractivity contribution in [3.05, 3.63) is 29.3 Å². The minimum Gasteiger partial charge on any atom is -0.493 e. The molecule has 1 aromatic carbocycles. The zero-order valence-electron chi connectivity index (χ0n) is 11.1. The van der Waals surface area contributed by atoms with Crippen molar-refractivity contribution in [1.82, 2.24) is 0 Å². The number of rotatable bonds is 6. The summed E-state index contributed by atoms with van der Waals surface area (Å²) in [6, 6.07) is 5.02. The van der Waals surface area contributed by atoms with E-state index in [1.165, 1.54) is 12.1 Å². The summed E-state index contributed by atoms with van der Waals surface area (Å²) in [5, 5.41) is 8.68. The number of thiol groups is 1. The van der Waals surface area contributed by atoms with Gasteiger partial charge in [-0.3, -0.25) is 0 Å². The van der Waals surface area contributed by atoms with E-state index in [1.807, 2.05) is 6.92 Å². The van der Waals surface area contributed by atoms with Crippen molar-refractivity contribution < 1.29 is 17.9 Å². The predicted octanol–water partition coefficient (Wildman–Crippen LogP) is 4.30. The molecule has 0 aromatic heterocycles. The number of alkyl halides is 3. The molecule has 0 saturated carbocycles. The van der Waals surface area contributed by atoms with E-state index in [2.05, 4.69) is 12.6 Å². The van der Waals surface area contributed by atoms with E-state index in [0.29, 0.717) is 5.75 Å². The fraction of sp³-hybridized carbons (Fsp3) is 0.500. The Morgan fingerprint density at radius 2 is 2.10 bits per heavy atom. The highest BCUT2D eigenvalue weighted by Crippen LogP contribution is 2.37. The summed E-state index contributed by atoms with van der Waals surface area (Å²) in [6.45, 7) is 2.19. The molecule has 0 spiro atoms. The second-order valence-corrected chi connectivity index (χ2v) is 4.83. The first-order valence-corrected chi connectivity index (χ1v) is 6.90. The average Bonchev–Trinajstić information content (AvgIpc) is 2.42. The summed E-state index contributed by atoms with van der Waals surface area (Å²) in [6.07, 6.45) is -2.77. The number of nitriles is 1. The third-order valence-electron chi connectivity index (χ3n) is 2.84. The van der Waals surface area contributed by atoms with Gasteiger partial charge in [0.1, 0.15) is 5.75 Å². The van der Waals surface area contributed by atoms with Gasteiger partial charge in [-0.2, -0.15) is 31.1 Å². The Hall–Kier alpha value is -1.35. The molecule has 20 heavy (non-hydrogen) atoms. The van der Waals surface area contributed by atoms with Crippen LogP contribution in [0.5, 0.6) is 5.75 Å². The van der Waals surface area contributed by atoms with Crippen LogP contribution in [0.3, 0.4) is 0 Å². The lowest BCUT2D eigenvalue weighted by atomic mass is 10.1. The number of benzene rings is 1. The lowest BCUT2D eigenvalue weighted by molar-refractivity contribution is -0.139. The van der Waals surface area contributed by atoms with E-state index in [1.54, 1.807) is 6.07 Å². The topological polar surface area (TPSA) is 33.0 Å². The Morgan fingerprint density at radius 3 is 2.60 bits per heavy atom. The van der Waals surface area contributed by atoms with Crippen LogP contribution in [0.2, 0.25) is 0 Å². The minimum absolute atomic E-state index is 0.0380. The Kier molecular flexibility index (Phi) is 6.21. The van der Waals surface area contributed by atoms with Crippen LogP contribution in [0.15, 0.2) is 18.2 Å². The van der Waals surface area contributed by atoms with Gasteiger partial charge in [-0.1, -0.05) is 13.3 Å². The van der Waals surface area contributed by atoms with Crippen LogP contribution in [0.1, 0.15) is 30.9 Å². The third-order valence-corrected chi connectivity index (χ3v) is 3.36.